The zero-order valence-corrected chi connectivity index (χ0v) is 23.1. The van der Waals surface area contributed by atoms with Crippen LogP contribution in [0.5, 0.6) is 0 Å². The number of aryl methyl sites for hydroxylation is 1. The van der Waals surface area contributed by atoms with E-state index in [4.69, 9.17) is 11.5 Å². The van der Waals surface area contributed by atoms with Crippen molar-refractivity contribution in [3.05, 3.63) is 87.9 Å². The maximum Gasteiger partial charge on any atom is 0.250 e. The molecule has 0 spiro atoms. The molecule has 2 aromatic carbocycles. The van der Waals surface area contributed by atoms with Gasteiger partial charge in [-0.05, 0) is 37.5 Å². The molecule has 10 nitrogen and oxygen atoms in total. The molecule has 5 rings (SSSR count). The van der Waals surface area contributed by atoms with Crippen molar-refractivity contribution < 1.29 is 14.4 Å². The van der Waals surface area contributed by atoms with Crippen molar-refractivity contribution in [1.82, 2.24) is 10.2 Å². The Kier molecular flexibility index (Phi) is 7.68. The number of nitrogens with two attached hydrogens (primary N) is 2. The lowest BCUT2D eigenvalue weighted by Crippen LogP contribution is -2.38. The van der Waals surface area contributed by atoms with Crippen molar-refractivity contribution in [3.8, 4) is 6.07 Å². The number of carbonyl (C=O) groups excluding carboxylic acids is 3. The highest BCUT2D eigenvalue weighted by molar-refractivity contribution is 8.01. The standard InChI is InChI=1S/C28H25N7O3S2/c1-15-6-4-7-16(12-15)23-18(13-29)25(30)35(20-10-5-11-21(36)24(20)23)27-33-34-28(40-27)39-14-22(37)32-19-9-3-2-8-17(19)26(31)38/h2-4,6-9,12,23H,5,10-11,14,30H2,1H3,(H2,31,38)(H,32,37). The minimum absolute atomic E-state index is 0.00923. The number of nitriles is 1. The molecule has 2 amide bonds. The van der Waals surface area contributed by atoms with Crippen molar-refractivity contribution in [2.24, 2.45) is 11.5 Å². The van der Waals surface area contributed by atoms with E-state index in [-0.39, 0.29) is 34.4 Å². The summed E-state index contributed by atoms with van der Waals surface area (Å²) in [6.45, 7) is 1.97. The average Bonchev–Trinajstić information content (AvgIpc) is 3.40. The third-order valence-electron chi connectivity index (χ3n) is 6.67. The van der Waals surface area contributed by atoms with Crippen LogP contribution in [0.3, 0.4) is 0 Å². The number of para-hydroxylation sites is 1. The van der Waals surface area contributed by atoms with Crippen molar-refractivity contribution in [2.75, 3.05) is 16.0 Å². The van der Waals surface area contributed by atoms with Gasteiger partial charge in [-0.2, -0.15) is 5.26 Å². The van der Waals surface area contributed by atoms with Crippen LogP contribution in [-0.4, -0.2) is 33.5 Å². The largest absolute Gasteiger partial charge is 0.384 e. The number of nitrogens with one attached hydrogen (secondary N) is 1. The highest BCUT2D eigenvalue weighted by Gasteiger charge is 2.41. The van der Waals surface area contributed by atoms with Crippen LogP contribution in [0.4, 0.5) is 10.8 Å². The minimum atomic E-state index is -0.638. The first-order chi connectivity index (χ1) is 19.3. The topological polar surface area (TPSA) is 168 Å². The summed E-state index contributed by atoms with van der Waals surface area (Å²) >= 11 is 2.38. The lowest BCUT2D eigenvalue weighted by atomic mass is 9.75. The Bertz CT molecular complexity index is 1640. The Balaban J connectivity index is 1.41. The van der Waals surface area contributed by atoms with Gasteiger partial charge in [0.15, 0.2) is 10.1 Å². The molecule has 0 bridgehead atoms. The van der Waals surface area contributed by atoms with Gasteiger partial charge >= 0.3 is 0 Å². The van der Waals surface area contributed by atoms with Crippen LogP contribution in [0.25, 0.3) is 0 Å². The second kappa shape index (κ2) is 11.3. The molecule has 5 N–H and O–H groups in total. The summed E-state index contributed by atoms with van der Waals surface area (Å²) in [5, 5.41) is 21.8. The van der Waals surface area contributed by atoms with Gasteiger partial charge in [0, 0.05) is 17.7 Å². The molecule has 3 aromatic rings. The summed E-state index contributed by atoms with van der Waals surface area (Å²) in [4.78, 5) is 39.1. The molecular weight excluding hydrogens is 546 g/mol. The van der Waals surface area contributed by atoms with E-state index >= 15 is 0 Å². The van der Waals surface area contributed by atoms with E-state index in [1.54, 1.807) is 23.1 Å². The number of hydrogen-bond donors (Lipinski definition) is 3. The molecule has 0 saturated carbocycles. The van der Waals surface area contributed by atoms with Gasteiger partial charge in [-0.25, -0.2) is 0 Å². The molecule has 2 heterocycles. The number of hydrogen-bond acceptors (Lipinski definition) is 10. The Morgan fingerprint density at radius 3 is 2.75 bits per heavy atom. The Hall–Kier alpha value is -4.47. The lowest BCUT2D eigenvalue weighted by Gasteiger charge is -2.38. The summed E-state index contributed by atoms with van der Waals surface area (Å²) < 4.78 is 0.504. The van der Waals surface area contributed by atoms with Gasteiger partial charge < -0.3 is 16.8 Å². The number of carbonyl (C=O) groups is 3. The van der Waals surface area contributed by atoms with Gasteiger partial charge in [0.25, 0.3) is 5.91 Å². The number of anilines is 2. The number of nitrogens with zero attached hydrogens (tertiary/aromatic N) is 4. The quantitative estimate of drug-likeness (QED) is 0.355. The highest BCUT2D eigenvalue weighted by atomic mass is 32.2. The van der Waals surface area contributed by atoms with E-state index in [9.17, 15) is 19.6 Å². The van der Waals surface area contributed by atoms with Crippen LogP contribution in [0.2, 0.25) is 0 Å². The first-order valence-electron chi connectivity index (χ1n) is 12.5. The maximum absolute atomic E-state index is 13.3. The van der Waals surface area contributed by atoms with Crippen LogP contribution in [-0.2, 0) is 9.59 Å². The van der Waals surface area contributed by atoms with Gasteiger partial charge in [0.1, 0.15) is 5.82 Å². The Labute approximate surface area is 238 Å². The number of primary amides is 1. The summed E-state index contributed by atoms with van der Waals surface area (Å²) in [6.07, 6.45) is 1.67. The third kappa shape index (κ3) is 5.21. The van der Waals surface area contributed by atoms with Gasteiger partial charge in [0.05, 0.1) is 34.6 Å². The van der Waals surface area contributed by atoms with E-state index in [0.717, 1.165) is 16.8 Å². The summed E-state index contributed by atoms with van der Waals surface area (Å²) in [5.41, 5.74) is 16.0. The second-order valence-electron chi connectivity index (χ2n) is 9.33. The zero-order valence-electron chi connectivity index (χ0n) is 21.5. The molecular formula is C28H25N7O3S2. The summed E-state index contributed by atoms with van der Waals surface area (Å²) in [6, 6.07) is 16.5. The fourth-order valence-corrected chi connectivity index (χ4v) is 6.64. The van der Waals surface area contributed by atoms with Crippen LogP contribution in [0.15, 0.2) is 75.5 Å². The van der Waals surface area contributed by atoms with E-state index in [2.05, 4.69) is 21.6 Å². The molecule has 0 saturated heterocycles. The zero-order chi connectivity index (χ0) is 28.4. The first kappa shape index (κ1) is 27.1. The summed E-state index contributed by atoms with van der Waals surface area (Å²) in [7, 11) is 0. The number of thioether (sulfide) groups is 1. The molecule has 1 aliphatic heterocycles. The molecule has 0 fully saturated rings. The Morgan fingerprint density at radius 1 is 1.20 bits per heavy atom. The fraction of sp³-hybridized carbons (Fsp3) is 0.214. The van der Waals surface area contributed by atoms with Crippen molar-refractivity contribution in [3.63, 3.8) is 0 Å². The maximum atomic E-state index is 13.3. The molecule has 1 atom stereocenters. The van der Waals surface area contributed by atoms with Gasteiger partial charge in [0.2, 0.25) is 11.0 Å². The molecule has 1 aliphatic carbocycles. The monoisotopic (exact) mass is 571 g/mol. The van der Waals surface area contributed by atoms with E-state index in [1.165, 1.54) is 29.2 Å². The predicted octanol–water partition coefficient (Wildman–Crippen LogP) is 3.98. The second-order valence-corrected chi connectivity index (χ2v) is 11.5. The molecule has 1 aromatic heterocycles. The average molecular weight is 572 g/mol. The van der Waals surface area contributed by atoms with Crippen molar-refractivity contribution in [1.29, 1.82) is 5.26 Å². The van der Waals surface area contributed by atoms with E-state index in [1.807, 2.05) is 31.2 Å². The van der Waals surface area contributed by atoms with E-state index < -0.39 is 11.8 Å². The van der Waals surface area contributed by atoms with Gasteiger partial charge in [-0.3, -0.25) is 19.3 Å². The smallest absolute Gasteiger partial charge is 0.250 e. The number of amides is 2. The predicted molar refractivity (Wildman–Crippen MR) is 153 cm³/mol. The van der Waals surface area contributed by atoms with Crippen molar-refractivity contribution in [2.45, 2.75) is 36.4 Å². The van der Waals surface area contributed by atoms with Crippen LogP contribution in [0.1, 0.15) is 46.7 Å². The molecule has 12 heteroatoms. The minimum Gasteiger partial charge on any atom is -0.384 e. The third-order valence-corrected chi connectivity index (χ3v) is 8.71. The molecule has 40 heavy (non-hydrogen) atoms. The number of allylic oxidation sites excluding steroid dienone is 3. The molecule has 202 valence electrons. The number of rotatable bonds is 7. The molecule has 0 radical (unpaired) electrons. The van der Waals surface area contributed by atoms with Crippen molar-refractivity contribution >= 4 is 51.5 Å². The normalized spacial score (nSPS) is 16.9. The number of ketones is 1. The van der Waals surface area contributed by atoms with Crippen LogP contribution >= 0.6 is 23.1 Å². The number of Topliss-reactive ketones (excluding diaryl/α,β-unsaturated/α-hetero) is 1. The van der Waals surface area contributed by atoms with Gasteiger partial charge in [-0.1, -0.05) is 65.1 Å². The number of aromatic nitrogens is 2. The Morgan fingerprint density at radius 2 is 2.00 bits per heavy atom. The molecule has 2 aliphatic rings. The lowest BCUT2D eigenvalue weighted by molar-refractivity contribution is -0.116. The summed E-state index contributed by atoms with van der Waals surface area (Å²) in [5.74, 6) is -1.30. The SMILES string of the molecule is Cc1cccc(C2C(C#N)=C(N)N(c3nnc(SCC(=O)Nc4ccccc4C(N)=O)s3)C3=C2C(=O)CCC3)c1. The van der Waals surface area contributed by atoms with E-state index in [0.29, 0.717) is 40.0 Å². The number of benzene rings is 2. The fourth-order valence-electron chi connectivity index (χ4n) is 4.96. The van der Waals surface area contributed by atoms with Crippen LogP contribution in [0, 0.1) is 18.3 Å². The van der Waals surface area contributed by atoms with Crippen LogP contribution < -0.4 is 21.7 Å². The highest BCUT2D eigenvalue weighted by Crippen LogP contribution is 2.47. The van der Waals surface area contributed by atoms with Gasteiger partial charge in [-0.15, -0.1) is 10.2 Å². The molecule has 1 unspecified atom stereocenters. The first-order valence-corrected chi connectivity index (χ1v) is 14.3.